The van der Waals surface area contributed by atoms with E-state index in [0.717, 1.165) is 17.7 Å². The van der Waals surface area contributed by atoms with Crippen LogP contribution in [0.5, 0.6) is 0 Å². The summed E-state index contributed by atoms with van der Waals surface area (Å²) in [4.78, 5) is 0. The second-order valence-electron chi connectivity index (χ2n) is 7.60. The van der Waals surface area contributed by atoms with Crippen molar-refractivity contribution in [2.45, 2.75) is 44.3 Å². The summed E-state index contributed by atoms with van der Waals surface area (Å²) < 4.78 is 39.3. The number of benzene rings is 2. The minimum atomic E-state index is -4.31. The van der Waals surface area contributed by atoms with E-state index in [9.17, 15) is 13.2 Å². The van der Waals surface area contributed by atoms with E-state index >= 15 is 0 Å². The fourth-order valence-corrected chi connectivity index (χ4v) is 4.19. The van der Waals surface area contributed by atoms with E-state index in [4.69, 9.17) is 0 Å². The predicted octanol–water partition coefficient (Wildman–Crippen LogP) is 6.66. The van der Waals surface area contributed by atoms with Crippen molar-refractivity contribution in [2.75, 3.05) is 5.32 Å². The van der Waals surface area contributed by atoms with Crippen molar-refractivity contribution < 1.29 is 13.2 Å². The standard InChI is InChI=1S/C22H22F3N/c1-13(2)14-6-8-15(9-7-14)21-18-5-3-4-17(18)19-12-16(22(23,24)25)10-11-20(19)26-21/h3-4,6-13,17-18,21,26H,5H2,1-2H3/t17-,18-,21+/m1/s1. The van der Waals surface area contributed by atoms with Crippen LogP contribution >= 0.6 is 0 Å². The van der Waals surface area contributed by atoms with Gasteiger partial charge in [0.05, 0.1) is 11.6 Å². The zero-order chi connectivity index (χ0) is 18.5. The highest BCUT2D eigenvalue weighted by molar-refractivity contribution is 5.61. The minimum Gasteiger partial charge on any atom is -0.378 e. The highest BCUT2D eigenvalue weighted by atomic mass is 19.4. The summed E-state index contributed by atoms with van der Waals surface area (Å²) in [6.45, 7) is 4.33. The van der Waals surface area contributed by atoms with Crippen molar-refractivity contribution in [3.63, 3.8) is 0 Å². The van der Waals surface area contributed by atoms with Gasteiger partial charge in [0.1, 0.15) is 0 Å². The van der Waals surface area contributed by atoms with E-state index < -0.39 is 11.7 Å². The molecule has 1 aliphatic carbocycles. The van der Waals surface area contributed by atoms with Crippen molar-refractivity contribution in [2.24, 2.45) is 5.92 Å². The van der Waals surface area contributed by atoms with Crippen LogP contribution in [0.2, 0.25) is 0 Å². The van der Waals surface area contributed by atoms with E-state index in [0.29, 0.717) is 5.92 Å². The normalized spacial score (nSPS) is 24.3. The molecule has 0 bridgehead atoms. The Morgan fingerprint density at radius 3 is 2.42 bits per heavy atom. The van der Waals surface area contributed by atoms with Gasteiger partial charge >= 0.3 is 6.18 Å². The number of nitrogens with one attached hydrogen (secondary N) is 1. The van der Waals surface area contributed by atoms with Gasteiger partial charge in [0.2, 0.25) is 0 Å². The molecule has 0 unspecified atom stereocenters. The Balaban J connectivity index is 1.71. The van der Waals surface area contributed by atoms with Crippen molar-refractivity contribution in [3.8, 4) is 0 Å². The molecule has 1 aliphatic heterocycles. The minimum absolute atomic E-state index is 0.0309. The summed E-state index contributed by atoms with van der Waals surface area (Å²) in [7, 11) is 0. The van der Waals surface area contributed by atoms with Crippen LogP contribution in [0.25, 0.3) is 0 Å². The Morgan fingerprint density at radius 1 is 1.04 bits per heavy atom. The molecule has 3 atom stereocenters. The molecule has 136 valence electrons. The lowest BCUT2D eigenvalue weighted by molar-refractivity contribution is -0.137. The first-order valence-corrected chi connectivity index (χ1v) is 9.09. The number of rotatable bonds is 2. The molecule has 1 N–H and O–H groups in total. The van der Waals surface area contributed by atoms with E-state index in [1.165, 1.54) is 23.3 Å². The molecule has 0 amide bonds. The number of alkyl halides is 3. The van der Waals surface area contributed by atoms with Gasteiger partial charge in [-0.25, -0.2) is 0 Å². The summed E-state index contributed by atoms with van der Waals surface area (Å²) in [5, 5.41) is 3.50. The smallest absolute Gasteiger partial charge is 0.378 e. The Hall–Kier alpha value is -2.23. The summed E-state index contributed by atoms with van der Waals surface area (Å²) in [6, 6.07) is 12.8. The number of halogens is 3. The maximum Gasteiger partial charge on any atom is 0.416 e. The third-order valence-corrected chi connectivity index (χ3v) is 5.65. The highest BCUT2D eigenvalue weighted by Crippen LogP contribution is 2.50. The van der Waals surface area contributed by atoms with E-state index in [1.807, 2.05) is 0 Å². The fraction of sp³-hybridized carbons (Fsp3) is 0.364. The van der Waals surface area contributed by atoms with Crippen LogP contribution in [-0.4, -0.2) is 0 Å². The number of hydrogen-bond acceptors (Lipinski definition) is 1. The first-order valence-electron chi connectivity index (χ1n) is 9.09. The molecule has 0 aromatic heterocycles. The molecule has 4 heteroatoms. The summed E-state index contributed by atoms with van der Waals surface area (Å²) in [5.74, 6) is 0.755. The Kier molecular flexibility index (Phi) is 4.09. The molecule has 2 aromatic carbocycles. The molecule has 1 heterocycles. The largest absolute Gasteiger partial charge is 0.416 e. The summed E-state index contributed by atoms with van der Waals surface area (Å²) in [6.07, 6.45) is 0.738. The molecule has 1 nitrogen and oxygen atoms in total. The number of anilines is 1. The molecule has 26 heavy (non-hydrogen) atoms. The molecule has 0 saturated carbocycles. The average molecular weight is 357 g/mol. The molecular weight excluding hydrogens is 335 g/mol. The van der Waals surface area contributed by atoms with Crippen LogP contribution in [0.3, 0.4) is 0 Å². The molecule has 0 spiro atoms. The molecule has 0 saturated heterocycles. The topological polar surface area (TPSA) is 12.0 Å². The van der Waals surface area contributed by atoms with Crippen LogP contribution in [0.1, 0.15) is 60.4 Å². The molecular formula is C22H22F3N. The summed E-state index contributed by atoms with van der Waals surface area (Å²) in [5.41, 5.74) is 3.48. The van der Waals surface area contributed by atoms with Crippen molar-refractivity contribution in [1.29, 1.82) is 0 Å². The van der Waals surface area contributed by atoms with Gasteiger partial charge in [-0.1, -0.05) is 50.3 Å². The summed E-state index contributed by atoms with van der Waals surface area (Å²) >= 11 is 0. The van der Waals surface area contributed by atoms with Gasteiger partial charge in [0, 0.05) is 11.6 Å². The van der Waals surface area contributed by atoms with Crippen LogP contribution in [0.15, 0.2) is 54.6 Å². The lowest BCUT2D eigenvalue weighted by Crippen LogP contribution is -2.29. The second kappa shape index (κ2) is 6.19. The molecule has 4 rings (SSSR count). The Morgan fingerprint density at radius 2 is 1.77 bits per heavy atom. The van der Waals surface area contributed by atoms with Crippen molar-refractivity contribution in [1.82, 2.24) is 0 Å². The van der Waals surface area contributed by atoms with Crippen LogP contribution < -0.4 is 5.32 Å². The highest BCUT2D eigenvalue weighted by Gasteiger charge is 2.39. The van der Waals surface area contributed by atoms with Crippen LogP contribution in [0.4, 0.5) is 18.9 Å². The first kappa shape index (κ1) is 17.2. The lowest BCUT2D eigenvalue weighted by atomic mass is 9.76. The molecule has 2 aliphatic rings. The van der Waals surface area contributed by atoms with Crippen molar-refractivity contribution in [3.05, 3.63) is 76.9 Å². The van der Waals surface area contributed by atoms with Gasteiger partial charge in [-0.2, -0.15) is 13.2 Å². The second-order valence-corrected chi connectivity index (χ2v) is 7.60. The molecule has 2 aromatic rings. The van der Waals surface area contributed by atoms with Gasteiger partial charge in [-0.15, -0.1) is 0 Å². The Bertz CT molecular complexity index is 833. The Labute approximate surface area is 151 Å². The maximum absolute atomic E-state index is 13.1. The zero-order valence-corrected chi connectivity index (χ0v) is 14.8. The maximum atomic E-state index is 13.1. The number of fused-ring (bicyclic) bond motifs is 3. The lowest BCUT2D eigenvalue weighted by Gasteiger charge is -2.38. The van der Waals surface area contributed by atoms with Gasteiger partial charge in [0.25, 0.3) is 0 Å². The van der Waals surface area contributed by atoms with Gasteiger partial charge in [-0.3, -0.25) is 0 Å². The fourth-order valence-electron chi connectivity index (χ4n) is 4.19. The number of allylic oxidation sites excluding steroid dienone is 2. The van der Waals surface area contributed by atoms with Crippen LogP contribution in [0, 0.1) is 5.92 Å². The van der Waals surface area contributed by atoms with Gasteiger partial charge < -0.3 is 5.32 Å². The zero-order valence-electron chi connectivity index (χ0n) is 14.8. The van der Waals surface area contributed by atoms with Gasteiger partial charge in [-0.05, 0) is 53.1 Å². The van der Waals surface area contributed by atoms with Crippen LogP contribution in [-0.2, 0) is 6.18 Å². The third-order valence-electron chi connectivity index (χ3n) is 5.65. The van der Waals surface area contributed by atoms with E-state index in [-0.39, 0.29) is 17.9 Å². The quantitative estimate of drug-likeness (QED) is 0.593. The monoisotopic (exact) mass is 357 g/mol. The SMILES string of the molecule is CC(C)c1ccc([C@@H]2Nc3ccc(C(F)(F)F)cc3[C@@H]3C=CC[C@H]32)cc1. The predicted molar refractivity (Wildman–Crippen MR) is 98.3 cm³/mol. The van der Waals surface area contributed by atoms with E-state index in [1.54, 1.807) is 6.07 Å². The average Bonchev–Trinajstić information content (AvgIpc) is 3.10. The van der Waals surface area contributed by atoms with Gasteiger partial charge in [0.15, 0.2) is 0 Å². The molecule has 0 radical (unpaired) electrons. The molecule has 0 fully saturated rings. The first-order chi connectivity index (χ1) is 12.3. The van der Waals surface area contributed by atoms with E-state index in [2.05, 4.69) is 55.6 Å². The van der Waals surface area contributed by atoms with Crippen molar-refractivity contribution >= 4 is 5.69 Å². The number of hydrogen-bond donors (Lipinski definition) is 1. The third kappa shape index (κ3) is 2.91.